The minimum absolute atomic E-state index is 0.0975. The van der Waals surface area contributed by atoms with E-state index in [9.17, 15) is 13.2 Å². The van der Waals surface area contributed by atoms with Gasteiger partial charge < -0.3 is 5.32 Å². The van der Waals surface area contributed by atoms with Gasteiger partial charge >= 0.3 is 0 Å². The Labute approximate surface area is 152 Å². The second-order valence-corrected chi connectivity index (χ2v) is 8.27. The first-order valence-electron chi connectivity index (χ1n) is 7.72. The summed E-state index contributed by atoms with van der Waals surface area (Å²) in [7, 11) is -3.71. The van der Waals surface area contributed by atoms with Crippen molar-refractivity contribution < 1.29 is 13.2 Å². The molecule has 0 fully saturated rings. The lowest BCUT2D eigenvalue weighted by Crippen LogP contribution is -2.24. The van der Waals surface area contributed by atoms with E-state index in [-0.39, 0.29) is 23.3 Å². The van der Waals surface area contributed by atoms with Crippen LogP contribution >= 0.6 is 11.8 Å². The van der Waals surface area contributed by atoms with Crippen molar-refractivity contribution in [2.45, 2.75) is 30.2 Å². The molecule has 0 unspecified atom stereocenters. The van der Waals surface area contributed by atoms with Crippen LogP contribution in [0.1, 0.15) is 19.5 Å². The summed E-state index contributed by atoms with van der Waals surface area (Å²) in [5, 5.41) is 2.78. The van der Waals surface area contributed by atoms with Crippen molar-refractivity contribution in [3.63, 3.8) is 0 Å². The van der Waals surface area contributed by atoms with Gasteiger partial charge in [-0.25, -0.2) is 13.1 Å². The lowest BCUT2D eigenvalue weighted by atomic mass is 10.2. The van der Waals surface area contributed by atoms with E-state index in [4.69, 9.17) is 0 Å². The van der Waals surface area contributed by atoms with Crippen molar-refractivity contribution >= 4 is 33.4 Å². The molecule has 0 spiro atoms. The first-order chi connectivity index (χ1) is 11.8. The first kappa shape index (κ1) is 19.4. The van der Waals surface area contributed by atoms with Crippen molar-refractivity contribution in [1.82, 2.24) is 9.71 Å². The average Bonchev–Trinajstić information content (AvgIpc) is 2.60. The van der Waals surface area contributed by atoms with Gasteiger partial charge in [-0.15, -0.1) is 11.8 Å². The fourth-order valence-electron chi connectivity index (χ4n) is 1.98. The number of carbonyl (C=O) groups excluding carboxylic acids is 1. The highest BCUT2D eigenvalue weighted by Gasteiger charge is 2.18. The Morgan fingerprint density at radius 3 is 2.60 bits per heavy atom. The number of carbonyl (C=O) groups is 1. The molecule has 1 aromatic carbocycles. The number of thioether (sulfide) groups is 1. The summed E-state index contributed by atoms with van der Waals surface area (Å²) >= 11 is 1.44. The predicted molar refractivity (Wildman–Crippen MR) is 100.0 cm³/mol. The normalized spacial score (nSPS) is 11.5. The number of pyridine rings is 1. The molecule has 0 bridgehead atoms. The fourth-order valence-corrected chi connectivity index (χ4v) is 3.54. The van der Waals surface area contributed by atoms with Crippen LogP contribution in [0.2, 0.25) is 0 Å². The second-order valence-electron chi connectivity index (χ2n) is 5.65. The first-order valence-corrected chi connectivity index (χ1v) is 10.4. The smallest absolute Gasteiger partial charge is 0.240 e. The van der Waals surface area contributed by atoms with Crippen LogP contribution in [0.5, 0.6) is 0 Å². The number of anilines is 1. The lowest BCUT2D eigenvalue weighted by Gasteiger charge is -2.14. The van der Waals surface area contributed by atoms with E-state index in [1.54, 1.807) is 44.3 Å². The standard InChI is InChI=1S/C17H21N3O3S2/c1-12(2)17(21)20-15-10-14(7-8-16(15)24-3)25(22,23)19-11-13-6-4-5-9-18-13/h4-10,12,19H,11H2,1-3H3,(H,20,21). The Balaban J connectivity index is 2.23. The quantitative estimate of drug-likeness (QED) is 0.722. The number of hydrogen-bond acceptors (Lipinski definition) is 5. The van der Waals surface area contributed by atoms with E-state index in [1.165, 1.54) is 23.9 Å². The summed E-state index contributed by atoms with van der Waals surface area (Å²) in [6.45, 7) is 3.66. The minimum atomic E-state index is -3.71. The maximum atomic E-state index is 12.5. The van der Waals surface area contributed by atoms with Crippen molar-refractivity contribution in [2.75, 3.05) is 11.6 Å². The summed E-state index contributed by atoms with van der Waals surface area (Å²) in [6, 6.07) is 10.0. The average molecular weight is 380 g/mol. The number of aromatic nitrogens is 1. The Kier molecular flexibility index (Phi) is 6.57. The van der Waals surface area contributed by atoms with Gasteiger partial charge in [0.05, 0.1) is 22.8 Å². The van der Waals surface area contributed by atoms with Crippen LogP contribution in [0.15, 0.2) is 52.4 Å². The highest BCUT2D eigenvalue weighted by Crippen LogP contribution is 2.28. The van der Waals surface area contributed by atoms with Gasteiger partial charge in [0, 0.05) is 17.0 Å². The number of rotatable bonds is 7. The van der Waals surface area contributed by atoms with Crippen LogP contribution in [-0.2, 0) is 21.4 Å². The third-order valence-corrected chi connectivity index (χ3v) is 5.63. The maximum absolute atomic E-state index is 12.5. The molecular weight excluding hydrogens is 358 g/mol. The van der Waals surface area contributed by atoms with E-state index in [0.717, 1.165) is 4.90 Å². The summed E-state index contributed by atoms with van der Waals surface area (Å²) in [4.78, 5) is 17.0. The highest BCUT2D eigenvalue weighted by atomic mass is 32.2. The molecule has 0 radical (unpaired) electrons. The Hall–Kier alpha value is -1.90. The molecule has 2 rings (SSSR count). The van der Waals surface area contributed by atoms with Crippen LogP contribution in [0.4, 0.5) is 5.69 Å². The molecule has 0 aliphatic carbocycles. The lowest BCUT2D eigenvalue weighted by molar-refractivity contribution is -0.118. The van der Waals surface area contributed by atoms with Crippen LogP contribution in [-0.4, -0.2) is 25.6 Å². The van der Waals surface area contributed by atoms with Crippen molar-refractivity contribution in [2.24, 2.45) is 5.92 Å². The van der Waals surface area contributed by atoms with Gasteiger partial charge in [-0.2, -0.15) is 0 Å². The summed E-state index contributed by atoms with van der Waals surface area (Å²) in [5.41, 5.74) is 1.12. The molecule has 1 amide bonds. The van der Waals surface area contributed by atoms with E-state index in [2.05, 4.69) is 15.0 Å². The number of hydrogen-bond donors (Lipinski definition) is 2. The number of nitrogens with one attached hydrogen (secondary N) is 2. The van der Waals surface area contributed by atoms with Crippen molar-refractivity contribution in [3.05, 3.63) is 48.3 Å². The Morgan fingerprint density at radius 1 is 1.24 bits per heavy atom. The summed E-state index contributed by atoms with van der Waals surface area (Å²) < 4.78 is 27.6. The maximum Gasteiger partial charge on any atom is 0.240 e. The molecule has 25 heavy (non-hydrogen) atoms. The van der Waals surface area contributed by atoms with Crippen molar-refractivity contribution in [3.8, 4) is 0 Å². The van der Waals surface area contributed by atoms with Gasteiger partial charge in [0.1, 0.15) is 0 Å². The number of nitrogens with zero attached hydrogens (tertiary/aromatic N) is 1. The third-order valence-electron chi connectivity index (χ3n) is 3.43. The minimum Gasteiger partial charge on any atom is -0.325 e. The zero-order chi connectivity index (χ0) is 18.4. The number of amides is 1. The molecule has 0 saturated heterocycles. The van der Waals surface area contributed by atoms with Crippen LogP contribution < -0.4 is 10.0 Å². The van der Waals surface area contributed by atoms with Gasteiger partial charge in [0.15, 0.2) is 0 Å². The number of benzene rings is 1. The molecule has 1 aromatic heterocycles. The molecule has 0 saturated carbocycles. The van der Waals surface area contributed by atoms with Gasteiger partial charge in [0.25, 0.3) is 0 Å². The Morgan fingerprint density at radius 2 is 2.00 bits per heavy atom. The molecule has 8 heteroatoms. The highest BCUT2D eigenvalue weighted by molar-refractivity contribution is 7.98. The van der Waals surface area contributed by atoms with Crippen LogP contribution in [0.25, 0.3) is 0 Å². The molecule has 6 nitrogen and oxygen atoms in total. The molecule has 0 aliphatic rings. The number of sulfonamides is 1. The van der Waals surface area contributed by atoms with Crippen LogP contribution in [0.3, 0.4) is 0 Å². The van der Waals surface area contributed by atoms with Gasteiger partial charge in [-0.1, -0.05) is 19.9 Å². The molecule has 0 atom stereocenters. The van der Waals surface area contributed by atoms with Crippen LogP contribution in [0, 0.1) is 5.92 Å². The predicted octanol–water partition coefficient (Wildman–Crippen LogP) is 2.88. The third kappa shape index (κ3) is 5.29. The van der Waals surface area contributed by atoms with Gasteiger partial charge in [-0.3, -0.25) is 9.78 Å². The van der Waals surface area contributed by atoms with Crippen molar-refractivity contribution in [1.29, 1.82) is 0 Å². The monoisotopic (exact) mass is 379 g/mol. The van der Waals surface area contributed by atoms with Gasteiger partial charge in [-0.05, 0) is 36.6 Å². The zero-order valence-electron chi connectivity index (χ0n) is 14.3. The Bertz CT molecular complexity index is 837. The van der Waals surface area contributed by atoms with E-state index >= 15 is 0 Å². The van der Waals surface area contributed by atoms with E-state index < -0.39 is 10.0 Å². The molecular formula is C17H21N3O3S2. The molecule has 2 aromatic rings. The second kappa shape index (κ2) is 8.46. The summed E-state index contributed by atoms with van der Waals surface area (Å²) in [5.74, 6) is -0.358. The fraction of sp³-hybridized carbons (Fsp3) is 0.294. The van der Waals surface area contributed by atoms with Gasteiger partial charge in [0.2, 0.25) is 15.9 Å². The molecule has 134 valence electrons. The molecule has 2 N–H and O–H groups in total. The largest absolute Gasteiger partial charge is 0.325 e. The van der Waals surface area contributed by atoms with E-state index in [1.807, 2.05) is 6.26 Å². The SMILES string of the molecule is CSc1ccc(S(=O)(=O)NCc2ccccn2)cc1NC(=O)C(C)C. The molecule has 0 aliphatic heterocycles. The topological polar surface area (TPSA) is 88.2 Å². The molecule has 1 heterocycles. The zero-order valence-corrected chi connectivity index (χ0v) is 15.9. The summed E-state index contributed by atoms with van der Waals surface area (Å²) in [6.07, 6.45) is 3.48. The van der Waals surface area contributed by atoms with E-state index in [0.29, 0.717) is 11.4 Å².